The predicted octanol–water partition coefficient (Wildman–Crippen LogP) is -0.561. The van der Waals surface area contributed by atoms with Gasteiger partial charge in [-0.3, -0.25) is 0 Å². The first-order chi connectivity index (χ1) is 4.88. The first-order valence-electron chi connectivity index (χ1n) is 3.66. The van der Waals surface area contributed by atoms with Crippen molar-refractivity contribution in [3.05, 3.63) is 5.82 Å². The van der Waals surface area contributed by atoms with Gasteiger partial charge in [0.25, 0.3) is 5.82 Å². The van der Waals surface area contributed by atoms with Crippen LogP contribution < -0.4 is 4.68 Å². The average molecular weight is 139 g/mol. The van der Waals surface area contributed by atoms with Gasteiger partial charge in [-0.1, -0.05) is 4.68 Å². The minimum atomic E-state index is 1.04. The molecule has 54 valence electrons. The zero-order valence-electron chi connectivity index (χ0n) is 6.12. The Morgan fingerprint density at radius 3 is 3.20 bits per heavy atom. The molecule has 0 atom stereocenters. The number of fused-ring (bicyclic) bond motifs is 1. The summed E-state index contributed by atoms with van der Waals surface area (Å²) in [5, 5.41) is 7.91. The van der Waals surface area contributed by atoms with Crippen LogP contribution in [0.5, 0.6) is 0 Å². The number of hydrogen-bond donors (Lipinski definition) is 0. The zero-order valence-corrected chi connectivity index (χ0v) is 6.12. The van der Waals surface area contributed by atoms with Gasteiger partial charge in [0.05, 0.1) is 7.05 Å². The van der Waals surface area contributed by atoms with Gasteiger partial charge in [0.15, 0.2) is 5.21 Å². The van der Waals surface area contributed by atoms with E-state index in [0.717, 1.165) is 13.0 Å². The molecule has 1 aliphatic rings. The van der Waals surface area contributed by atoms with E-state index in [2.05, 4.69) is 10.4 Å². The minimum absolute atomic E-state index is 1.04. The maximum Gasteiger partial charge on any atom is 0.256 e. The van der Waals surface area contributed by atoms with Crippen LogP contribution in [0.1, 0.15) is 18.7 Å². The van der Waals surface area contributed by atoms with E-state index in [9.17, 15) is 0 Å². The number of hydrogen-bond acceptors (Lipinski definition) is 2. The van der Waals surface area contributed by atoms with Crippen molar-refractivity contribution >= 4 is 0 Å². The molecule has 10 heavy (non-hydrogen) atoms. The fourth-order valence-electron chi connectivity index (χ4n) is 1.39. The Kier molecular flexibility index (Phi) is 1.19. The Balaban J connectivity index is 2.45. The van der Waals surface area contributed by atoms with Crippen molar-refractivity contribution in [2.45, 2.75) is 25.8 Å². The second kappa shape index (κ2) is 2.04. The van der Waals surface area contributed by atoms with Crippen LogP contribution in [0.15, 0.2) is 0 Å². The molecule has 1 aromatic heterocycles. The van der Waals surface area contributed by atoms with Crippen LogP contribution in [0, 0.1) is 0 Å². The largest absolute Gasteiger partial charge is 0.256 e. The smallest absolute Gasteiger partial charge is 0.140 e. The Morgan fingerprint density at radius 1 is 1.50 bits per heavy atom. The minimum Gasteiger partial charge on any atom is -0.140 e. The summed E-state index contributed by atoms with van der Waals surface area (Å²) < 4.78 is 3.85. The van der Waals surface area contributed by atoms with Crippen LogP contribution in [0.2, 0.25) is 0 Å². The van der Waals surface area contributed by atoms with Crippen molar-refractivity contribution in [3.8, 4) is 0 Å². The molecule has 0 aromatic carbocycles. The molecule has 2 heterocycles. The van der Waals surface area contributed by atoms with E-state index < -0.39 is 0 Å². The summed E-state index contributed by atoms with van der Waals surface area (Å²) in [7, 11) is 1.95. The van der Waals surface area contributed by atoms with E-state index in [4.69, 9.17) is 0 Å². The summed E-state index contributed by atoms with van der Waals surface area (Å²) in [6.45, 7) is 1.04. The highest BCUT2D eigenvalue weighted by Crippen LogP contribution is 2.06. The molecule has 4 heteroatoms. The van der Waals surface area contributed by atoms with E-state index in [1.807, 2.05) is 16.4 Å². The van der Waals surface area contributed by atoms with Gasteiger partial charge in [0.2, 0.25) is 0 Å². The number of nitrogens with zero attached hydrogens (tertiary/aromatic N) is 4. The van der Waals surface area contributed by atoms with Crippen LogP contribution in [-0.2, 0) is 20.0 Å². The Bertz CT molecular complexity index is 240. The topological polar surface area (TPSA) is 34.6 Å². The van der Waals surface area contributed by atoms with Crippen molar-refractivity contribution in [2.24, 2.45) is 7.05 Å². The molecule has 0 unspecified atom stereocenters. The van der Waals surface area contributed by atoms with Crippen molar-refractivity contribution in [2.75, 3.05) is 0 Å². The van der Waals surface area contributed by atoms with E-state index in [1.165, 1.54) is 18.7 Å². The third-order valence-electron chi connectivity index (χ3n) is 1.97. The maximum atomic E-state index is 3.99. The Labute approximate surface area is 59.4 Å². The van der Waals surface area contributed by atoms with Gasteiger partial charge in [-0.05, 0) is 12.8 Å². The maximum absolute atomic E-state index is 3.99. The lowest BCUT2D eigenvalue weighted by Gasteiger charge is -2.03. The quantitative estimate of drug-likeness (QED) is 0.451. The third kappa shape index (κ3) is 0.716. The predicted molar refractivity (Wildman–Crippen MR) is 34.1 cm³/mol. The molecule has 4 nitrogen and oxygen atoms in total. The van der Waals surface area contributed by atoms with Crippen molar-refractivity contribution < 1.29 is 4.68 Å². The Morgan fingerprint density at radius 2 is 2.40 bits per heavy atom. The zero-order chi connectivity index (χ0) is 6.97. The summed E-state index contributed by atoms with van der Waals surface area (Å²) in [6, 6.07) is 0. The van der Waals surface area contributed by atoms with Crippen molar-refractivity contribution in [1.29, 1.82) is 0 Å². The molecule has 0 amide bonds. The van der Waals surface area contributed by atoms with Gasteiger partial charge in [0, 0.05) is 6.42 Å². The summed E-state index contributed by atoms with van der Waals surface area (Å²) in [5.41, 5.74) is 0. The molecule has 0 radical (unpaired) electrons. The SMILES string of the molecule is C[n+]1nnn2c1CCCC2. The lowest BCUT2D eigenvalue weighted by atomic mass is 10.2. The second-order valence-corrected chi connectivity index (χ2v) is 2.70. The second-order valence-electron chi connectivity index (χ2n) is 2.70. The number of aromatic nitrogens is 4. The fraction of sp³-hybridized carbons (Fsp3) is 0.833. The molecular weight excluding hydrogens is 128 g/mol. The van der Waals surface area contributed by atoms with Crippen LogP contribution in [-0.4, -0.2) is 15.1 Å². The average Bonchev–Trinajstić information content (AvgIpc) is 2.34. The number of rotatable bonds is 0. The first kappa shape index (κ1) is 5.82. The van der Waals surface area contributed by atoms with Crippen molar-refractivity contribution in [3.63, 3.8) is 0 Å². The molecule has 0 saturated heterocycles. The van der Waals surface area contributed by atoms with Gasteiger partial charge in [-0.15, -0.1) is 4.68 Å². The summed E-state index contributed by atoms with van der Waals surface area (Å²) in [4.78, 5) is 0. The lowest BCUT2D eigenvalue weighted by Crippen LogP contribution is -2.36. The van der Waals surface area contributed by atoms with Crippen LogP contribution >= 0.6 is 0 Å². The van der Waals surface area contributed by atoms with Gasteiger partial charge < -0.3 is 0 Å². The third-order valence-corrected chi connectivity index (χ3v) is 1.97. The van der Waals surface area contributed by atoms with Crippen LogP contribution in [0.4, 0.5) is 0 Å². The van der Waals surface area contributed by atoms with E-state index in [0.29, 0.717) is 0 Å². The highest BCUT2D eigenvalue weighted by atomic mass is 15.6. The molecule has 0 saturated carbocycles. The van der Waals surface area contributed by atoms with Gasteiger partial charge in [0.1, 0.15) is 11.8 Å². The summed E-state index contributed by atoms with van der Waals surface area (Å²) in [5.74, 6) is 1.26. The highest BCUT2D eigenvalue weighted by molar-refractivity contribution is 4.77. The summed E-state index contributed by atoms with van der Waals surface area (Å²) in [6.07, 6.45) is 3.65. The highest BCUT2D eigenvalue weighted by Gasteiger charge is 2.20. The molecule has 1 aliphatic heterocycles. The van der Waals surface area contributed by atoms with E-state index >= 15 is 0 Å². The van der Waals surface area contributed by atoms with Gasteiger partial charge >= 0.3 is 0 Å². The molecule has 0 aliphatic carbocycles. The molecule has 1 aromatic rings. The van der Waals surface area contributed by atoms with Crippen LogP contribution in [0.25, 0.3) is 0 Å². The molecule has 2 rings (SSSR count). The van der Waals surface area contributed by atoms with Gasteiger partial charge in [-0.25, -0.2) is 0 Å². The fourth-order valence-corrected chi connectivity index (χ4v) is 1.39. The standard InChI is InChI=1S/C6H11N4/c1-9-6-4-2-3-5-10(6)8-7-9/h2-5H2,1H3/q+1. The monoisotopic (exact) mass is 139 g/mol. The normalized spacial score (nSPS) is 16.9. The van der Waals surface area contributed by atoms with Crippen LogP contribution in [0.3, 0.4) is 0 Å². The molecule has 0 fully saturated rings. The van der Waals surface area contributed by atoms with E-state index in [-0.39, 0.29) is 0 Å². The lowest BCUT2D eigenvalue weighted by molar-refractivity contribution is -0.738. The molecule has 0 spiro atoms. The van der Waals surface area contributed by atoms with E-state index in [1.54, 1.807) is 0 Å². The Hall–Kier alpha value is -0.930. The first-order valence-corrected chi connectivity index (χ1v) is 3.66. The number of aryl methyl sites for hydroxylation is 2. The van der Waals surface area contributed by atoms with Gasteiger partial charge in [-0.2, -0.15) is 0 Å². The molecule has 0 N–H and O–H groups in total. The number of tetrazole rings is 1. The summed E-state index contributed by atoms with van der Waals surface area (Å²) >= 11 is 0. The molecular formula is C6H11N4+. The molecule has 0 bridgehead atoms. The van der Waals surface area contributed by atoms with Crippen molar-refractivity contribution in [1.82, 2.24) is 15.1 Å².